The second-order valence-corrected chi connectivity index (χ2v) is 4.29. The van der Waals surface area contributed by atoms with Gasteiger partial charge in [0.25, 0.3) is 0 Å². The van der Waals surface area contributed by atoms with E-state index in [0.29, 0.717) is 0 Å². The summed E-state index contributed by atoms with van der Waals surface area (Å²) in [5.74, 6) is 3.16. The van der Waals surface area contributed by atoms with Crippen molar-refractivity contribution in [1.29, 1.82) is 0 Å². The normalized spacial score (nSPS) is 10.7. The molecule has 0 aromatic carbocycles. The first-order valence-electron chi connectivity index (χ1n) is 5.03. The number of hydrogen-bond donors (Lipinski definition) is 1. The summed E-state index contributed by atoms with van der Waals surface area (Å²) in [7, 11) is 0. The molecule has 1 aromatic heterocycles. The molecule has 1 aromatic rings. The molecule has 5 heteroatoms. The Labute approximate surface area is 89.5 Å². The van der Waals surface area contributed by atoms with Crippen LogP contribution in [0.5, 0.6) is 0 Å². The van der Waals surface area contributed by atoms with Crippen LogP contribution in [0.1, 0.15) is 19.7 Å². The highest BCUT2D eigenvalue weighted by Crippen LogP contribution is 1.99. The molecule has 0 aliphatic carbocycles. The third kappa shape index (κ3) is 4.11. The lowest BCUT2D eigenvalue weighted by Gasteiger charge is -1.98. The molecular formula is C9H18N4S. The zero-order chi connectivity index (χ0) is 10.2. The zero-order valence-corrected chi connectivity index (χ0v) is 9.68. The topological polar surface area (TPSA) is 42.7 Å². The third-order valence-corrected chi connectivity index (χ3v) is 2.67. The molecule has 0 saturated heterocycles. The van der Waals surface area contributed by atoms with E-state index in [1.54, 1.807) is 0 Å². The lowest BCUT2D eigenvalue weighted by Crippen LogP contribution is -2.13. The van der Waals surface area contributed by atoms with Crippen molar-refractivity contribution in [3.63, 3.8) is 0 Å². The molecule has 0 amide bonds. The number of thioether (sulfide) groups is 1. The molecule has 0 atom stereocenters. The number of hydrogen-bond acceptors (Lipinski definition) is 4. The Morgan fingerprint density at radius 3 is 3.07 bits per heavy atom. The molecule has 0 aliphatic heterocycles. The highest BCUT2D eigenvalue weighted by atomic mass is 32.2. The highest BCUT2D eigenvalue weighted by molar-refractivity contribution is 7.99. The fraction of sp³-hybridized carbons (Fsp3) is 0.778. The number of rotatable bonds is 7. The number of aryl methyl sites for hydroxylation is 1. The van der Waals surface area contributed by atoms with Crippen LogP contribution in [-0.4, -0.2) is 32.8 Å². The van der Waals surface area contributed by atoms with Crippen LogP contribution in [0, 0.1) is 0 Å². The van der Waals surface area contributed by atoms with Gasteiger partial charge in [-0.1, -0.05) is 13.8 Å². The van der Waals surface area contributed by atoms with E-state index in [1.807, 2.05) is 22.8 Å². The Balaban J connectivity index is 2.27. The molecule has 0 aliphatic rings. The Morgan fingerprint density at radius 1 is 1.50 bits per heavy atom. The van der Waals surface area contributed by atoms with E-state index in [4.69, 9.17) is 0 Å². The maximum absolute atomic E-state index is 4.35. The third-order valence-electron chi connectivity index (χ3n) is 1.79. The van der Waals surface area contributed by atoms with E-state index >= 15 is 0 Å². The lowest BCUT2D eigenvalue weighted by molar-refractivity contribution is 0.631. The average Bonchev–Trinajstić information content (AvgIpc) is 2.63. The maximum Gasteiger partial charge on any atom is 0.164 e. The van der Waals surface area contributed by atoms with Gasteiger partial charge < -0.3 is 5.32 Å². The van der Waals surface area contributed by atoms with Crippen molar-refractivity contribution in [3.8, 4) is 0 Å². The van der Waals surface area contributed by atoms with Crippen LogP contribution >= 0.6 is 11.8 Å². The standard InChI is InChI=1S/C9H18N4S/c1-3-10-7-9-11-8-13(12-9)5-6-14-4-2/h8,10H,3-7H2,1-2H3. The fourth-order valence-electron chi connectivity index (χ4n) is 1.06. The second-order valence-electron chi connectivity index (χ2n) is 2.90. The van der Waals surface area contributed by atoms with Crippen molar-refractivity contribution < 1.29 is 0 Å². The van der Waals surface area contributed by atoms with E-state index in [9.17, 15) is 0 Å². The predicted octanol–water partition coefficient (Wildman–Crippen LogP) is 1.14. The summed E-state index contributed by atoms with van der Waals surface area (Å²) in [5, 5.41) is 7.55. The first-order chi connectivity index (χ1) is 6.86. The largest absolute Gasteiger partial charge is 0.310 e. The van der Waals surface area contributed by atoms with E-state index in [0.717, 1.165) is 31.2 Å². The van der Waals surface area contributed by atoms with Crippen molar-refractivity contribution in [3.05, 3.63) is 12.2 Å². The van der Waals surface area contributed by atoms with Gasteiger partial charge in [-0.05, 0) is 12.3 Å². The summed E-state index contributed by atoms with van der Waals surface area (Å²) in [6, 6.07) is 0. The molecule has 0 bridgehead atoms. The van der Waals surface area contributed by atoms with E-state index in [-0.39, 0.29) is 0 Å². The number of aromatic nitrogens is 3. The van der Waals surface area contributed by atoms with Crippen molar-refractivity contribution in [2.24, 2.45) is 0 Å². The van der Waals surface area contributed by atoms with Crippen molar-refractivity contribution in [1.82, 2.24) is 20.1 Å². The minimum absolute atomic E-state index is 0.768. The minimum atomic E-state index is 0.768. The summed E-state index contributed by atoms with van der Waals surface area (Å²) in [4.78, 5) is 4.21. The average molecular weight is 214 g/mol. The van der Waals surface area contributed by atoms with Gasteiger partial charge in [0.05, 0.1) is 13.1 Å². The molecular weight excluding hydrogens is 196 g/mol. The Bertz CT molecular complexity index is 249. The molecule has 14 heavy (non-hydrogen) atoms. The van der Waals surface area contributed by atoms with Gasteiger partial charge in [0, 0.05) is 5.75 Å². The summed E-state index contributed by atoms with van der Waals surface area (Å²) in [5.41, 5.74) is 0. The van der Waals surface area contributed by atoms with Crippen molar-refractivity contribution in [2.45, 2.75) is 26.9 Å². The van der Waals surface area contributed by atoms with Crippen LogP contribution in [0.15, 0.2) is 6.33 Å². The smallest absolute Gasteiger partial charge is 0.164 e. The van der Waals surface area contributed by atoms with Gasteiger partial charge in [0.1, 0.15) is 6.33 Å². The van der Waals surface area contributed by atoms with Crippen LogP contribution < -0.4 is 5.32 Å². The van der Waals surface area contributed by atoms with Gasteiger partial charge in [-0.25, -0.2) is 4.98 Å². The zero-order valence-electron chi connectivity index (χ0n) is 8.86. The van der Waals surface area contributed by atoms with Gasteiger partial charge in [-0.15, -0.1) is 0 Å². The SMILES string of the molecule is CCNCc1ncn(CCSCC)n1. The van der Waals surface area contributed by atoms with Gasteiger partial charge >= 0.3 is 0 Å². The van der Waals surface area contributed by atoms with Gasteiger partial charge in [0.15, 0.2) is 5.82 Å². The molecule has 80 valence electrons. The van der Waals surface area contributed by atoms with E-state index in [1.165, 1.54) is 5.75 Å². The second kappa shape index (κ2) is 6.84. The molecule has 1 heterocycles. The van der Waals surface area contributed by atoms with Crippen LogP contribution in [0.4, 0.5) is 0 Å². The van der Waals surface area contributed by atoms with E-state index < -0.39 is 0 Å². The molecule has 4 nitrogen and oxygen atoms in total. The van der Waals surface area contributed by atoms with Crippen molar-refractivity contribution in [2.75, 3.05) is 18.1 Å². The van der Waals surface area contributed by atoms with Crippen LogP contribution in [0.2, 0.25) is 0 Å². The quantitative estimate of drug-likeness (QED) is 0.691. The fourth-order valence-corrected chi connectivity index (χ4v) is 1.67. The van der Waals surface area contributed by atoms with Crippen molar-refractivity contribution >= 4 is 11.8 Å². The Kier molecular flexibility index (Phi) is 5.63. The van der Waals surface area contributed by atoms with E-state index in [2.05, 4.69) is 29.2 Å². The van der Waals surface area contributed by atoms with Crippen LogP contribution in [-0.2, 0) is 13.1 Å². The van der Waals surface area contributed by atoms with Crippen LogP contribution in [0.25, 0.3) is 0 Å². The summed E-state index contributed by atoms with van der Waals surface area (Å²) in [6.45, 7) is 6.93. The number of nitrogens with one attached hydrogen (secondary N) is 1. The van der Waals surface area contributed by atoms with Gasteiger partial charge in [-0.2, -0.15) is 16.9 Å². The monoisotopic (exact) mass is 214 g/mol. The maximum atomic E-state index is 4.35. The Morgan fingerprint density at radius 2 is 2.36 bits per heavy atom. The van der Waals surface area contributed by atoms with Crippen LogP contribution in [0.3, 0.4) is 0 Å². The molecule has 0 saturated carbocycles. The molecule has 1 rings (SSSR count). The predicted molar refractivity (Wildman–Crippen MR) is 60.4 cm³/mol. The molecule has 1 N–H and O–H groups in total. The Hall–Kier alpha value is -0.550. The summed E-state index contributed by atoms with van der Waals surface area (Å²) < 4.78 is 1.91. The highest BCUT2D eigenvalue weighted by Gasteiger charge is 1.98. The summed E-state index contributed by atoms with van der Waals surface area (Å²) >= 11 is 1.93. The van der Waals surface area contributed by atoms with Gasteiger partial charge in [0.2, 0.25) is 0 Å². The summed E-state index contributed by atoms with van der Waals surface area (Å²) in [6.07, 6.45) is 1.81. The molecule has 0 fully saturated rings. The van der Waals surface area contributed by atoms with Gasteiger partial charge in [-0.3, -0.25) is 4.68 Å². The molecule has 0 radical (unpaired) electrons. The minimum Gasteiger partial charge on any atom is -0.310 e. The lowest BCUT2D eigenvalue weighted by atomic mass is 10.6. The first kappa shape index (κ1) is 11.5. The number of nitrogens with zero attached hydrogens (tertiary/aromatic N) is 3. The first-order valence-corrected chi connectivity index (χ1v) is 6.19. The molecule has 0 spiro atoms. The molecule has 0 unspecified atom stereocenters.